The summed E-state index contributed by atoms with van der Waals surface area (Å²) >= 11 is 0. The van der Waals surface area contributed by atoms with Crippen LogP contribution in [0.5, 0.6) is 0 Å². The van der Waals surface area contributed by atoms with Crippen LogP contribution in [0, 0.1) is 5.92 Å². The number of amides is 1. The number of carbonyl (C=O) groups is 1. The van der Waals surface area contributed by atoms with E-state index >= 15 is 0 Å². The Morgan fingerprint density at radius 3 is 2.68 bits per heavy atom. The van der Waals surface area contributed by atoms with E-state index in [1.54, 1.807) is 6.20 Å². The lowest BCUT2D eigenvalue weighted by Gasteiger charge is -2.15. The van der Waals surface area contributed by atoms with Crippen molar-refractivity contribution in [3.63, 3.8) is 0 Å². The molecule has 8 heteroatoms. The number of anilines is 3. The van der Waals surface area contributed by atoms with Crippen molar-refractivity contribution in [1.29, 1.82) is 0 Å². The molecule has 3 aromatic rings. The van der Waals surface area contributed by atoms with Crippen molar-refractivity contribution in [3.05, 3.63) is 78.3 Å². The normalized spacial score (nSPS) is 16.0. The van der Waals surface area contributed by atoms with Gasteiger partial charge < -0.3 is 26.2 Å². The maximum atomic E-state index is 12.6. The van der Waals surface area contributed by atoms with Crippen LogP contribution in [0.4, 0.5) is 17.5 Å². The third-order valence-corrected chi connectivity index (χ3v) is 6.89. The largest absolute Gasteiger partial charge is 0.375 e. The highest BCUT2D eigenvalue weighted by Gasteiger charge is 2.23. The Kier molecular flexibility index (Phi) is 7.65. The molecule has 1 aromatic heterocycles. The van der Waals surface area contributed by atoms with Gasteiger partial charge in [0.05, 0.1) is 0 Å². The molecule has 1 aliphatic heterocycles. The van der Waals surface area contributed by atoms with E-state index in [1.807, 2.05) is 55.6 Å². The fourth-order valence-corrected chi connectivity index (χ4v) is 4.58. The first-order chi connectivity index (χ1) is 18.1. The van der Waals surface area contributed by atoms with Gasteiger partial charge in [-0.2, -0.15) is 4.98 Å². The molecule has 0 atom stereocenters. The van der Waals surface area contributed by atoms with E-state index in [2.05, 4.69) is 42.7 Å². The average molecular weight is 498 g/mol. The standard InChI is InChI=1S/C29H35N7O/c1-20(21-5-6-21)17-27(30-2)34-26-11-12-32-29(35-26)33-25-10-9-22-18-24(8-7-23(22)19-25)28(37)31-13-16-36-14-3-4-15-36/h7-12,17-19,21,30H,1,3-6,13-16H2,2H3,(H,31,37)(H2,32,33,34,35)/b27-17+. The third kappa shape index (κ3) is 6.65. The molecule has 2 aromatic carbocycles. The molecule has 1 saturated heterocycles. The molecule has 1 aliphatic carbocycles. The minimum atomic E-state index is -0.0308. The Balaban J connectivity index is 1.21. The molecule has 8 nitrogen and oxygen atoms in total. The molecule has 1 saturated carbocycles. The lowest BCUT2D eigenvalue weighted by atomic mass is 10.1. The van der Waals surface area contributed by atoms with Gasteiger partial charge in [0, 0.05) is 37.6 Å². The van der Waals surface area contributed by atoms with Gasteiger partial charge in [-0.25, -0.2) is 4.98 Å². The monoisotopic (exact) mass is 497 g/mol. The molecule has 2 fully saturated rings. The Morgan fingerprint density at radius 2 is 1.89 bits per heavy atom. The second kappa shape index (κ2) is 11.4. The summed E-state index contributed by atoms with van der Waals surface area (Å²) in [6, 6.07) is 13.6. The Morgan fingerprint density at radius 1 is 1.11 bits per heavy atom. The summed E-state index contributed by atoms with van der Waals surface area (Å²) in [5.74, 6) is 2.60. The zero-order chi connectivity index (χ0) is 25.6. The van der Waals surface area contributed by atoms with Crippen molar-refractivity contribution < 1.29 is 4.79 Å². The number of rotatable bonds is 11. The topological polar surface area (TPSA) is 94.2 Å². The van der Waals surface area contributed by atoms with E-state index in [0.29, 0.717) is 29.8 Å². The van der Waals surface area contributed by atoms with E-state index in [-0.39, 0.29) is 5.91 Å². The van der Waals surface area contributed by atoms with Crippen LogP contribution < -0.4 is 21.3 Å². The summed E-state index contributed by atoms with van der Waals surface area (Å²) in [4.78, 5) is 24.0. The van der Waals surface area contributed by atoms with Gasteiger partial charge in [0.2, 0.25) is 5.95 Å². The van der Waals surface area contributed by atoms with Gasteiger partial charge in [0.25, 0.3) is 5.91 Å². The summed E-state index contributed by atoms with van der Waals surface area (Å²) in [5, 5.41) is 14.8. The lowest BCUT2D eigenvalue weighted by molar-refractivity contribution is 0.0950. The molecule has 37 heavy (non-hydrogen) atoms. The summed E-state index contributed by atoms with van der Waals surface area (Å²) in [6.45, 7) is 8.02. The van der Waals surface area contributed by atoms with Crippen LogP contribution in [-0.4, -0.2) is 54.0 Å². The third-order valence-electron chi connectivity index (χ3n) is 6.89. The summed E-state index contributed by atoms with van der Waals surface area (Å²) in [6.07, 6.45) is 8.71. The smallest absolute Gasteiger partial charge is 0.251 e. The second-order valence-electron chi connectivity index (χ2n) is 9.75. The highest BCUT2D eigenvalue weighted by molar-refractivity contribution is 5.99. The molecule has 1 amide bonds. The number of aromatic nitrogens is 2. The minimum absolute atomic E-state index is 0.0308. The van der Waals surface area contributed by atoms with Crippen molar-refractivity contribution in [2.75, 3.05) is 43.9 Å². The zero-order valence-corrected chi connectivity index (χ0v) is 21.4. The predicted molar refractivity (Wildman–Crippen MR) is 150 cm³/mol. The van der Waals surface area contributed by atoms with E-state index in [4.69, 9.17) is 0 Å². The minimum Gasteiger partial charge on any atom is -0.375 e. The number of allylic oxidation sites excluding steroid dienone is 2. The molecule has 5 rings (SSSR count). The number of fused-ring (bicyclic) bond motifs is 1. The van der Waals surface area contributed by atoms with Crippen molar-refractivity contribution in [2.45, 2.75) is 25.7 Å². The molecular formula is C29H35N7O. The van der Waals surface area contributed by atoms with Crippen LogP contribution in [0.2, 0.25) is 0 Å². The number of carbonyl (C=O) groups excluding carboxylic acids is 1. The quantitative estimate of drug-likeness (QED) is 0.287. The van der Waals surface area contributed by atoms with Gasteiger partial charge in [0.15, 0.2) is 0 Å². The van der Waals surface area contributed by atoms with Crippen molar-refractivity contribution in [3.8, 4) is 0 Å². The van der Waals surface area contributed by atoms with Gasteiger partial charge in [-0.1, -0.05) is 18.7 Å². The maximum absolute atomic E-state index is 12.6. The van der Waals surface area contributed by atoms with E-state index in [1.165, 1.54) is 25.7 Å². The average Bonchev–Trinajstić information content (AvgIpc) is 3.64. The van der Waals surface area contributed by atoms with Crippen molar-refractivity contribution in [1.82, 2.24) is 25.5 Å². The van der Waals surface area contributed by atoms with E-state index in [0.717, 1.165) is 47.5 Å². The van der Waals surface area contributed by atoms with Crippen molar-refractivity contribution in [2.24, 2.45) is 5.92 Å². The van der Waals surface area contributed by atoms with Gasteiger partial charge >= 0.3 is 0 Å². The molecule has 0 bridgehead atoms. The molecule has 0 radical (unpaired) electrons. The van der Waals surface area contributed by atoms with Crippen LogP contribution in [-0.2, 0) is 0 Å². The molecule has 192 valence electrons. The Labute approximate surface area is 218 Å². The molecule has 2 aliphatic rings. The van der Waals surface area contributed by atoms with Crippen molar-refractivity contribution >= 4 is 34.1 Å². The molecule has 0 spiro atoms. The molecule has 4 N–H and O–H groups in total. The van der Waals surface area contributed by atoms with Crippen LogP contribution in [0.3, 0.4) is 0 Å². The summed E-state index contributed by atoms with van der Waals surface area (Å²) in [5.41, 5.74) is 2.68. The molecule has 2 heterocycles. The second-order valence-corrected chi connectivity index (χ2v) is 9.75. The highest BCUT2D eigenvalue weighted by atomic mass is 16.1. The molecular weight excluding hydrogens is 462 g/mol. The number of benzene rings is 2. The first-order valence-electron chi connectivity index (χ1n) is 13.1. The number of nitrogens with one attached hydrogen (secondary N) is 4. The summed E-state index contributed by atoms with van der Waals surface area (Å²) in [7, 11) is 1.87. The van der Waals surface area contributed by atoms with Gasteiger partial charge in [-0.3, -0.25) is 4.79 Å². The first kappa shape index (κ1) is 24.8. The van der Waals surface area contributed by atoms with Gasteiger partial charge in [0.1, 0.15) is 11.6 Å². The number of hydrogen-bond donors (Lipinski definition) is 4. The van der Waals surface area contributed by atoms with Crippen LogP contribution >= 0.6 is 0 Å². The van der Waals surface area contributed by atoms with E-state index < -0.39 is 0 Å². The molecule has 0 unspecified atom stereocenters. The fourth-order valence-electron chi connectivity index (χ4n) is 4.58. The Hall–Kier alpha value is -3.91. The van der Waals surface area contributed by atoms with Crippen LogP contribution in [0.15, 0.2) is 72.7 Å². The SMILES string of the molecule is C=C(/C=C(\NC)Nc1ccnc(Nc2ccc3cc(C(=O)NCCN4CCCC4)ccc3c2)n1)C1CC1. The number of hydrogen-bond acceptors (Lipinski definition) is 7. The van der Waals surface area contributed by atoms with Gasteiger partial charge in [-0.05, 0) is 97.4 Å². The fraction of sp³-hybridized carbons (Fsp3) is 0.345. The van der Waals surface area contributed by atoms with E-state index in [9.17, 15) is 4.79 Å². The maximum Gasteiger partial charge on any atom is 0.251 e. The summed E-state index contributed by atoms with van der Waals surface area (Å²) < 4.78 is 0. The highest BCUT2D eigenvalue weighted by Crippen LogP contribution is 2.36. The predicted octanol–water partition coefficient (Wildman–Crippen LogP) is 4.64. The van der Waals surface area contributed by atoms with Crippen LogP contribution in [0.1, 0.15) is 36.0 Å². The zero-order valence-electron chi connectivity index (χ0n) is 21.4. The lowest BCUT2D eigenvalue weighted by Crippen LogP contribution is -2.33. The number of likely N-dealkylation sites (tertiary alicyclic amines) is 1. The number of nitrogens with zero attached hydrogens (tertiary/aromatic N) is 3. The Bertz CT molecular complexity index is 1310. The first-order valence-corrected chi connectivity index (χ1v) is 13.1. The van der Waals surface area contributed by atoms with Gasteiger partial charge in [-0.15, -0.1) is 0 Å². The van der Waals surface area contributed by atoms with Crippen LogP contribution in [0.25, 0.3) is 10.8 Å².